The lowest BCUT2D eigenvalue weighted by molar-refractivity contribution is 0.494. The average Bonchev–Trinajstić information content (AvgIpc) is 2.83. The van der Waals surface area contributed by atoms with E-state index in [2.05, 4.69) is 23.5 Å². The van der Waals surface area contributed by atoms with Gasteiger partial charge in [0.1, 0.15) is 0 Å². The number of nitrogens with one attached hydrogen (secondary N) is 1. The maximum Gasteiger partial charge on any atom is 0.151 e. The molecule has 3 nitrogen and oxygen atoms in total. The van der Waals surface area contributed by atoms with Gasteiger partial charge < -0.3 is 5.32 Å². The molecular formula is C16H25NO2S. The highest BCUT2D eigenvalue weighted by atomic mass is 32.2. The maximum atomic E-state index is 11.8. The molecule has 0 saturated heterocycles. The molecule has 0 fully saturated rings. The molecule has 1 N–H and O–H groups in total. The van der Waals surface area contributed by atoms with E-state index in [1.165, 1.54) is 35.8 Å². The summed E-state index contributed by atoms with van der Waals surface area (Å²) in [5.74, 6) is 0. The van der Waals surface area contributed by atoms with Crippen LogP contribution in [-0.2, 0) is 29.1 Å². The van der Waals surface area contributed by atoms with Crippen LogP contribution in [0.15, 0.2) is 18.2 Å². The molecule has 2 unspecified atom stereocenters. The fourth-order valence-corrected chi connectivity index (χ4v) is 3.76. The number of benzene rings is 1. The lowest BCUT2D eigenvalue weighted by atomic mass is 9.99. The van der Waals surface area contributed by atoms with Crippen LogP contribution in [0.5, 0.6) is 0 Å². The van der Waals surface area contributed by atoms with Gasteiger partial charge in [-0.2, -0.15) is 0 Å². The Labute approximate surface area is 122 Å². The number of sulfone groups is 1. The first-order valence-corrected chi connectivity index (χ1v) is 9.40. The van der Waals surface area contributed by atoms with E-state index in [4.69, 9.17) is 0 Å². The van der Waals surface area contributed by atoms with Crippen molar-refractivity contribution in [3.05, 3.63) is 34.9 Å². The Kier molecular flexibility index (Phi) is 4.86. The van der Waals surface area contributed by atoms with Crippen LogP contribution in [0.3, 0.4) is 0 Å². The fourth-order valence-electron chi connectivity index (χ4n) is 2.97. The fraction of sp³-hybridized carbons (Fsp3) is 0.625. The second-order valence-electron chi connectivity index (χ2n) is 5.86. The van der Waals surface area contributed by atoms with E-state index in [0.717, 1.165) is 19.4 Å². The topological polar surface area (TPSA) is 46.2 Å². The van der Waals surface area contributed by atoms with Gasteiger partial charge in [-0.25, -0.2) is 8.42 Å². The van der Waals surface area contributed by atoms with E-state index in [-0.39, 0.29) is 11.3 Å². The van der Waals surface area contributed by atoms with Gasteiger partial charge in [-0.1, -0.05) is 25.1 Å². The van der Waals surface area contributed by atoms with Gasteiger partial charge in [0.15, 0.2) is 9.84 Å². The monoisotopic (exact) mass is 295 g/mol. The van der Waals surface area contributed by atoms with Gasteiger partial charge in [0.25, 0.3) is 0 Å². The molecular weight excluding hydrogens is 270 g/mol. The minimum Gasteiger partial charge on any atom is -0.313 e. The Balaban J connectivity index is 2.16. The summed E-state index contributed by atoms with van der Waals surface area (Å²) >= 11 is 0. The predicted octanol–water partition coefficient (Wildman–Crippen LogP) is 2.13. The van der Waals surface area contributed by atoms with Crippen LogP contribution >= 0.6 is 0 Å². The smallest absolute Gasteiger partial charge is 0.151 e. The van der Waals surface area contributed by atoms with E-state index in [1.807, 2.05) is 6.92 Å². The highest BCUT2D eigenvalue weighted by molar-refractivity contribution is 7.91. The Bertz CT molecular complexity index is 566. The van der Waals surface area contributed by atoms with Crippen molar-refractivity contribution in [3.8, 4) is 0 Å². The normalized spacial score (nSPS) is 17.8. The van der Waals surface area contributed by atoms with Gasteiger partial charge >= 0.3 is 0 Å². The van der Waals surface area contributed by atoms with E-state index in [1.54, 1.807) is 6.92 Å². The summed E-state index contributed by atoms with van der Waals surface area (Å²) in [7, 11) is -3.02. The lowest BCUT2D eigenvalue weighted by Gasteiger charge is -2.24. The van der Waals surface area contributed by atoms with E-state index < -0.39 is 9.84 Å². The number of rotatable bonds is 6. The van der Waals surface area contributed by atoms with Gasteiger partial charge in [-0.3, -0.25) is 0 Å². The summed E-state index contributed by atoms with van der Waals surface area (Å²) in [6, 6.07) is 6.62. The summed E-state index contributed by atoms with van der Waals surface area (Å²) in [4.78, 5) is 0. The molecule has 0 aromatic heterocycles. The first-order chi connectivity index (χ1) is 9.41. The number of hydrogen-bond acceptors (Lipinski definition) is 3. The van der Waals surface area contributed by atoms with Gasteiger partial charge in [0.05, 0.1) is 5.25 Å². The Hall–Kier alpha value is -0.870. The number of aryl methyl sites for hydroxylation is 2. The second kappa shape index (κ2) is 6.27. The third kappa shape index (κ3) is 3.61. The zero-order valence-corrected chi connectivity index (χ0v) is 13.5. The molecule has 1 aliphatic carbocycles. The summed E-state index contributed by atoms with van der Waals surface area (Å²) in [6.45, 7) is 4.61. The molecule has 4 heteroatoms. The zero-order valence-electron chi connectivity index (χ0n) is 12.6. The highest BCUT2D eigenvalue weighted by Crippen LogP contribution is 2.24. The van der Waals surface area contributed by atoms with Crippen LogP contribution in [0.2, 0.25) is 0 Å². The van der Waals surface area contributed by atoms with Gasteiger partial charge in [-0.05, 0) is 55.8 Å². The van der Waals surface area contributed by atoms with Gasteiger partial charge in [-0.15, -0.1) is 0 Å². The summed E-state index contributed by atoms with van der Waals surface area (Å²) in [5.41, 5.74) is 4.15. The molecule has 0 saturated carbocycles. The Morgan fingerprint density at radius 1 is 1.25 bits per heavy atom. The maximum absolute atomic E-state index is 11.8. The molecule has 0 spiro atoms. The van der Waals surface area contributed by atoms with Crippen molar-refractivity contribution >= 4 is 9.84 Å². The van der Waals surface area contributed by atoms with Crippen molar-refractivity contribution in [1.82, 2.24) is 5.32 Å². The van der Waals surface area contributed by atoms with Gasteiger partial charge in [0, 0.05) is 12.3 Å². The van der Waals surface area contributed by atoms with E-state index in [0.29, 0.717) is 0 Å². The minimum absolute atomic E-state index is 0.0190. The van der Waals surface area contributed by atoms with Crippen LogP contribution in [0, 0.1) is 0 Å². The molecule has 2 atom stereocenters. The molecule has 0 aliphatic heterocycles. The predicted molar refractivity (Wildman–Crippen MR) is 83.9 cm³/mol. The Morgan fingerprint density at radius 2 is 1.95 bits per heavy atom. The molecule has 2 rings (SSSR count). The number of hydrogen-bond donors (Lipinski definition) is 1. The zero-order chi connectivity index (χ0) is 14.8. The molecule has 1 aliphatic rings. The molecule has 0 radical (unpaired) electrons. The van der Waals surface area contributed by atoms with Crippen molar-refractivity contribution in [1.29, 1.82) is 0 Å². The SMILES string of the molecule is CCNC(Cc1ccc2c(c1)CCC2)C(C)S(C)(=O)=O. The largest absolute Gasteiger partial charge is 0.313 e. The summed E-state index contributed by atoms with van der Waals surface area (Å²) in [5, 5.41) is 2.96. The highest BCUT2D eigenvalue weighted by Gasteiger charge is 2.25. The van der Waals surface area contributed by atoms with Crippen molar-refractivity contribution in [2.24, 2.45) is 0 Å². The lowest BCUT2D eigenvalue weighted by Crippen LogP contribution is -2.43. The second-order valence-corrected chi connectivity index (χ2v) is 8.26. The van der Waals surface area contributed by atoms with Crippen LogP contribution in [0.4, 0.5) is 0 Å². The minimum atomic E-state index is -3.02. The van der Waals surface area contributed by atoms with Crippen molar-refractivity contribution in [2.75, 3.05) is 12.8 Å². The molecule has 0 bridgehead atoms. The third-order valence-corrected chi connectivity index (χ3v) is 6.01. The number of likely N-dealkylation sites (N-methyl/N-ethyl adjacent to an activating group) is 1. The summed E-state index contributed by atoms with van der Waals surface area (Å²) in [6.07, 6.45) is 5.69. The standard InChI is InChI=1S/C16H25NO2S/c1-4-17-16(12(2)20(3,18)19)11-13-8-9-14-6-5-7-15(14)10-13/h8-10,12,16-17H,4-7,11H2,1-3H3. The first-order valence-electron chi connectivity index (χ1n) is 7.44. The van der Waals surface area contributed by atoms with Crippen molar-refractivity contribution in [3.63, 3.8) is 0 Å². The van der Waals surface area contributed by atoms with Crippen LogP contribution < -0.4 is 5.32 Å². The van der Waals surface area contributed by atoms with E-state index in [9.17, 15) is 8.42 Å². The molecule has 112 valence electrons. The van der Waals surface area contributed by atoms with Crippen LogP contribution in [-0.4, -0.2) is 32.5 Å². The van der Waals surface area contributed by atoms with Crippen LogP contribution in [0.1, 0.15) is 37.0 Å². The summed E-state index contributed by atoms with van der Waals surface area (Å²) < 4.78 is 23.6. The molecule has 0 amide bonds. The molecule has 20 heavy (non-hydrogen) atoms. The van der Waals surface area contributed by atoms with E-state index >= 15 is 0 Å². The molecule has 0 heterocycles. The molecule has 1 aromatic carbocycles. The van der Waals surface area contributed by atoms with Gasteiger partial charge in [0.2, 0.25) is 0 Å². The number of fused-ring (bicyclic) bond motifs is 1. The van der Waals surface area contributed by atoms with Crippen molar-refractivity contribution in [2.45, 2.75) is 50.8 Å². The van der Waals surface area contributed by atoms with Crippen molar-refractivity contribution < 1.29 is 8.42 Å². The quantitative estimate of drug-likeness (QED) is 0.874. The van der Waals surface area contributed by atoms with Crippen LogP contribution in [0.25, 0.3) is 0 Å². The molecule has 1 aromatic rings. The third-order valence-electron chi connectivity index (χ3n) is 4.33. The Morgan fingerprint density at radius 3 is 2.60 bits per heavy atom. The average molecular weight is 295 g/mol. The first kappa shape index (κ1) is 15.5.